The molecule has 1 aliphatic heterocycles. The highest BCUT2D eigenvalue weighted by Gasteiger charge is 2.36. The van der Waals surface area contributed by atoms with E-state index in [-0.39, 0.29) is 32.3 Å². The molecule has 3 rings (SSSR count). The summed E-state index contributed by atoms with van der Waals surface area (Å²) in [5.74, 6) is -1.69. The molecule has 0 fully saturated rings. The Labute approximate surface area is 182 Å². The van der Waals surface area contributed by atoms with Crippen molar-refractivity contribution in [2.75, 3.05) is 6.54 Å². The molecule has 2 atom stereocenters. The Morgan fingerprint density at radius 2 is 1.50 bits per heavy atom. The van der Waals surface area contributed by atoms with Crippen molar-refractivity contribution in [3.8, 4) is 0 Å². The number of hydrogen-bond acceptors (Lipinski definition) is 5. The van der Waals surface area contributed by atoms with Gasteiger partial charge in [0.25, 0.3) is 18.3 Å². The summed E-state index contributed by atoms with van der Waals surface area (Å²) in [7, 11) is 0. The molecule has 0 spiro atoms. The highest BCUT2D eigenvalue weighted by molar-refractivity contribution is 6.21. The van der Waals surface area contributed by atoms with Crippen LogP contribution in [0.1, 0.15) is 44.7 Å². The van der Waals surface area contributed by atoms with Gasteiger partial charge < -0.3 is 9.53 Å². The van der Waals surface area contributed by atoms with Gasteiger partial charge >= 0.3 is 6.18 Å². The molecule has 32 heavy (non-hydrogen) atoms. The van der Waals surface area contributed by atoms with Gasteiger partial charge in [-0.15, -0.1) is 0 Å². The van der Waals surface area contributed by atoms with E-state index in [9.17, 15) is 32.3 Å². The average molecular weight is 447 g/mol. The summed E-state index contributed by atoms with van der Waals surface area (Å²) in [4.78, 5) is 48.6. The maximum atomic E-state index is 12.7. The number of hydrogen-bond donors (Lipinski definition) is 0. The van der Waals surface area contributed by atoms with Gasteiger partial charge in [-0.2, -0.15) is 13.2 Å². The fourth-order valence-corrected chi connectivity index (χ4v) is 3.69. The minimum Gasteiger partial charge on any atom is -0.464 e. The number of nitrogens with zero attached hydrogens (tertiary/aromatic N) is 1. The van der Waals surface area contributed by atoms with Crippen molar-refractivity contribution in [1.82, 2.24) is 4.90 Å². The fourth-order valence-electron chi connectivity index (χ4n) is 3.69. The normalized spacial score (nSPS) is 15.3. The molecule has 0 radical (unpaired) electrons. The first kappa shape index (κ1) is 23.2. The monoisotopic (exact) mass is 447 g/mol. The fraction of sp³-hybridized carbons (Fsp3) is 0.304. The summed E-state index contributed by atoms with van der Waals surface area (Å²) in [6.45, 7) is 0.171. The number of aryl methyl sites for hydroxylation is 1. The van der Waals surface area contributed by atoms with E-state index in [0.29, 0.717) is 23.0 Å². The lowest BCUT2D eigenvalue weighted by Crippen LogP contribution is -2.35. The highest BCUT2D eigenvalue weighted by Crippen LogP contribution is 2.29. The SMILES string of the molecule is O=CO[C@H](CCc1ccc(C(F)(F)F)cc1)[C@H](C=O)CCN1C(=O)c2ccccc2C1=O. The summed E-state index contributed by atoms with van der Waals surface area (Å²) in [6.07, 6.45) is -4.14. The van der Waals surface area contributed by atoms with Crippen LogP contribution in [0.25, 0.3) is 0 Å². The molecule has 1 aliphatic rings. The van der Waals surface area contributed by atoms with Gasteiger partial charge in [0.15, 0.2) is 0 Å². The van der Waals surface area contributed by atoms with Gasteiger partial charge in [-0.05, 0) is 49.1 Å². The lowest BCUT2D eigenvalue weighted by atomic mass is 9.94. The van der Waals surface area contributed by atoms with Crippen LogP contribution >= 0.6 is 0 Å². The van der Waals surface area contributed by atoms with Gasteiger partial charge in [-0.3, -0.25) is 19.3 Å². The number of aldehydes is 1. The predicted molar refractivity (Wildman–Crippen MR) is 107 cm³/mol. The van der Waals surface area contributed by atoms with Gasteiger partial charge in [0.1, 0.15) is 12.4 Å². The summed E-state index contributed by atoms with van der Waals surface area (Å²) in [5, 5.41) is 0. The van der Waals surface area contributed by atoms with Crippen LogP contribution in [0.5, 0.6) is 0 Å². The Morgan fingerprint density at radius 1 is 0.906 bits per heavy atom. The van der Waals surface area contributed by atoms with E-state index < -0.39 is 35.6 Å². The Balaban J connectivity index is 1.62. The third-order valence-corrected chi connectivity index (χ3v) is 5.45. The zero-order chi connectivity index (χ0) is 23.3. The molecule has 2 aromatic carbocycles. The molecule has 0 aromatic heterocycles. The molecule has 0 unspecified atom stereocenters. The van der Waals surface area contributed by atoms with Crippen LogP contribution in [0.15, 0.2) is 48.5 Å². The van der Waals surface area contributed by atoms with Crippen LogP contribution in [-0.2, 0) is 26.9 Å². The van der Waals surface area contributed by atoms with E-state index in [1.54, 1.807) is 24.3 Å². The first-order valence-electron chi connectivity index (χ1n) is 9.92. The zero-order valence-corrected chi connectivity index (χ0v) is 16.9. The Morgan fingerprint density at radius 3 is 2.00 bits per heavy atom. The van der Waals surface area contributed by atoms with Gasteiger partial charge in [0.2, 0.25) is 0 Å². The molecule has 2 aromatic rings. The van der Waals surface area contributed by atoms with Crippen molar-refractivity contribution in [3.63, 3.8) is 0 Å². The smallest absolute Gasteiger partial charge is 0.416 e. The lowest BCUT2D eigenvalue weighted by Gasteiger charge is -2.23. The average Bonchev–Trinajstić information content (AvgIpc) is 3.02. The number of imide groups is 1. The van der Waals surface area contributed by atoms with E-state index in [1.165, 1.54) is 12.1 Å². The molecule has 2 amide bonds. The van der Waals surface area contributed by atoms with Crippen molar-refractivity contribution < 1.29 is 37.1 Å². The van der Waals surface area contributed by atoms with Crippen LogP contribution in [0.3, 0.4) is 0 Å². The predicted octanol–water partition coefficient (Wildman–Crippen LogP) is 3.68. The van der Waals surface area contributed by atoms with Crippen molar-refractivity contribution in [1.29, 1.82) is 0 Å². The van der Waals surface area contributed by atoms with Crippen LogP contribution < -0.4 is 0 Å². The van der Waals surface area contributed by atoms with Crippen molar-refractivity contribution in [2.24, 2.45) is 5.92 Å². The molecule has 0 saturated carbocycles. The van der Waals surface area contributed by atoms with E-state index in [2.05, 4.69) is 0 Å². The molecular weight excluding hydrogens is 427 g/mol. The van der Waals surface area contributed by atoms with Crippen LogP contribution in [0, 0.1) is 5.92 Å². The molecular formula is C23H20F3NO5. The standard InChI is InChI=1S/C23H20F3NO5/c24-23(25,26)17-8-5-15(6-9-17)7-10-20(32-14-29)16(13-28)11-12-27-21(30)18-3-1-2-4-19(18)22(27)31/h1-6,8-9,13-14,16,20H,7,10-12H2/t16-,20+/m0/s1. The zero-order valence-electron chi connectivity index (χ0n) is 16.9. The Kier molecular flexibility index (Phi) is 7.07. The van der Waals surface area contributed by atoms with Gasteiger partial charge in [0, 0.05) is 6.54 Å². The number of halogens is 3. The second-order valence-corrected chi connectivity index (χ2v) is 7.40. The van der Waals surface area contributed by atoms with Crippen molar-refractivity contribution in [3.05, 3.63) is 70.8 Å². The van der Waals surface area contributed by atoms with E-state index in [4.69, 9.17) is 4.74 Å². The first-order chi connectivity index (χ1) is 15.3. The van der Waals surface area contributed by atoms with Crippen molar-refractivity contribution >= 4 is 24.6 Å². The van der Waals surface area contributed by atoms with Crippen molar-refractivity contribution in [2.45, 2.75) is 31.5 Å². The lowest BCUT2D eigenvalue weighted by molar-refractivity contribution is -0.139. The molecule has 0 bridgehead atoms. The number of ether oxygens (including phenoxy) is 1. The van der Waals surface area contributed by atoms with Crippen LogP contribution in [0.4, 0.5) is 13.2 Å². The number of amides is 2. The topological polar surface area (TPSA) is 80.8 Å². The summed E-state index contributed by atoms with van der Waals surface area (Å²) >= 11 is 0. The molecule has 6 nitrogen and oxygen atoms in total. The van der Waals surface area contributed by atoms with E-state index >= 15 is 0 Å². The van der Waals surface area contributed by atoms with Crippen LogP contribution in [0.2, 0.25) is 0 Å². The number of benzene rings is 2. The third-order valence-electron chi connectivity index (χ3n) is 5.45. The third kappa shape index (κ3) is 5.04. The first-order valence-corrected chi connectivity index (χ1v) is 9.92. The molecule has 1 heterocycles. The largest absolute Gasteiger partial charge is 0.464 e. The second kappa shape index (κ2) is 9.76. The number of alkyl halides is 3. The van der Waals surface area contributed by atoms with E-state index in [0.717, 1.165) is 17.0 Å². The second-order valence-electron chi connectivity index (χ2n) is 7.40. The van der Waals surface area contributed by atoms with Gasteiger partial charge in [0.05, 0.1) is 22.6 Å². The Bertz CT molecular complexity index is 968. The van der Waals surface area contributed by atoms with Gasteiger partial charge in [-0.1, -0.05) is 24.3 Å². The summed E-state index contributed by atoms with van der Waals surface area (Å²) in [6, 6.07) is 11.0. The highest BCUT2D eigenvalue weighted by atomic mass is 19.4. The molecule has 0 aliphatic carbocycles. The number of carbonyl (C=O) groups excluding carboxylic acids is 4. The summed E-state index contributed by atoms with van der Waals surface area (Å²) in [5.41, 5.74) is 0.405. The Hall–Kier alpha value is -3.49. The maximum absolute atomic E-state index is 12.7. The summed E-state index contributed by atoms with van der Waals surface area (Å²) < 4.78 is 43.1. The molecule has 0 saturated heterocycles. The number of rotatable bonds is 10. The quantitative estimate of drug-likeness (QED) is 0.410. The maximum Gasteiger partial charge on any atom is 0.416 e. The van der Waals surface area contributed by atoms with E-state index in [1.807, 2.05) is 0 Å². The molecule has 0 N–H and O–H groups in total. The number of carbonyl (C=O) groups is 4. The minimum atomic E-state index is -4.44. The number of fused-ring (bicyclic) bond motifs is 1. The van der Waals surface area contributed by atoms with Gasteiger partial charge in [-0.25, -0.2) is 0 Å². The molecule has 9 heteroatoms. The minimum absolute atomic E-state index is 0.0330. The molecule has 168 valence electrons. The van der Waals surface area contributed by atoms with Crippen LogP contribution in [-0.4, -0.2) is 42.1 Å².